The topological polar surface area (TPSA) is 35.8 Å². The lowest BCUT2D eigenvalue weighted by molar-refractivity contribution is 0.366. The van der Waals surface area contributed by atoms with Crippen LogP contribution in [0.15, 0.2) is 18.2 Å². The second kappa shape index (κ2) is 4.82. The van der Waals surface area contributed by atoms with Crippen molar-refractivity contribution in [2.24, 2.45) is 11.3 Å². The molecule has 96 valence electrons. The number of hydrogen-bond acceptors (Lipinski definition) is 2. The molecular formula is C15H19ClN2. The Labute approximate surface area is 114 Å². The average Bonchev–Trinajstić information content (AvgIpc) is 2.54. The van der Waals surface area contributed by atoms with Crippen LogP contribution in [-0.4, -0.2) is 6.04 Å². The normalized spacial score (nSPS) is 25.7. The van der Waals surface area contributed by atoms with Crippen LogP contribution in [0.1, 0.15) is 39.2 Å². The van der Waals surface area contributed by atoms with Crippen LogP contribution in [0.3, 0.4) is 0 Å². The van der Waals surface area contributed by atoms with Crippen molar-refractivity contribution < 1.29 is 0 Å². The molecule has 18 heavy (non-hydrogen) atoms. The minimum atomic E-state index is 0.404. The van der Waals surface area contributed by atoms with Crippen LogP contribution < -0.4 is 5.32 Å². The molecule has 2 rings (SSSR count). The molecule has 0 saturated heterocycles. The minimum Gasteiger partial charge on any atom is -0.382 e. The third-order valence-corrected chi connectivity index (χ3v) is 4.10. The Balaban J connectivity index is 2.13. The number of benzene rings is 1. The minimum absolute atomic E-state index is 0.404. The van der Waals surface area contributed by atoms with Gasteiger partial charge in [0.05, 0.1) is 10.6 Å². The van der Waals surface area contributed by atoms with Gasteiger partial charge in [0.15, 0.2) is 0 Å². The van der Waals surface area contributed by atoms with E-state index >= 15 is 0 Å². The van der Waals surface area contributed by atoms with Crippen LogP contribution in [0, 0.1) is 22.7 Å². The van der Waals surface area contributed by atoms with Gasteiger partial charge in [0.2, 0.25) is 0 Å². The molecule has 1 aromatic carbocycles. The summed E-state index contributed by atoms with van der Waals surface area (Å²) in [4.78, 5) is 0. The molecule has 2 nitrogen and oxygen atoms in total. The average molecular weight is 263 g/mol. The first-order chi connectivity index (χ1) is 8.41. The number of rotatable bonds is 2. The fourth-order valence-corrected chi connectivity index (χ4v) is 3.16. The van der Waals surface area contributed by atoms with Gasteiger partial charge in [-0.3, -0.25) is 0 Å². The lowest BCUT2D eigenvalue weighted by Gasteiger charge is -2.20. The Morgan fingerprint density at radius 3 is 2.67 bits per heavy atom. The van der Waals surface area contributed by atoms with Crippen molar-refractivity contribution in [2.45, 2.75) is 39.7 Å². The first-order valence-corrected chi connectivity index (χ1v) is 6.75. The van der Waals surface area contributed by atoms with Gasteiger partial charge in [0.1, 0.15) is 6.07 Å². The third-order valence-electron chi connectivity index (χ3n) is 3.77. The summed E-state index contributed by atoms with van der Waals surface area (Å²) in [5, 5.41) is 13.0. The van der Waals surface area contributed by atoms with Crippen molar-refractivity contribution in [3.63, 3.8) is 0 Å². The smallest absolute Gasteiger partial charge is 0.101 e. The number of nitrogens with one attached hydrogen (secondary N) is 1. The van der Waals surface area contributed by atoms with Crippen LogP contribution in [0.5, 0.6) is 0 Å². The van der Waals surface area contributed by atoms with Crippen molar-refractivity contribution in [3.05, 3.63) is 28.8 Å². The highest BCUT2D eigenvalue weighted by atomic mass is 35.5. The van der Waals surface area contributed by atoms with Gasteiger partial charge in [-0.2, -0.15) is 5.26 Å². The van der Waals surface area contributed by atoms with E-state index in [2.05, 4.69) is 32.2 Å². The molecule has 0 radical (unpaired) electrons. The molecule has 0 aromatic heterocycles. The summed E-state index contributed by atoms with van der Waals surface area (Å²) in [7, 11) is 0. The summed E-state index contributed by atoms with van der Waals surface area (Å²) < 4.78 is 0. The lowest BCUT2D eigenvalue weighted by atomic mass is 9.91. The van der Waals surface area contributed by atoms with Gasteiger partial charge in [-0.25, -0.2) is 0 Å². The second-order valence-electron chi connectivity index (χ2n) is 6.11. The predicted molar refractivity (Wildman–Crippen MR) is 75.8 cm³/mol. The number of halogens is 1. The van der Waals surface area contributed by atoms with E-state index in [4.69, 9.17) is 16.9 Å². The summed E-state index contributed by atoms with van der Waals surface area (Å²) in [5.74, 6) is 0.654. The van der Waals surface area contributed by atoms with E-state index in [9.17, 15) is 0 Å². The molecule has 2 atom stereocenters. The second-order valence-corrected chi connectivity index (χ2v) is 6.51. The van der Waals surface area contributed by atoms with Crippen LogP contribution in [-0.2, 0) is 0 Å². The molecule has 0 amide bonds. The Kier molecular flexibility index (Phi) is 3.54. The molecule has 0 aliphatic heterocycles. The molecule has 1 N–H and O–H groups in total. The van der Waals surface area contributed by atoms with Crippen LogP contribution >= 0.6 is 11.6 Å². The molecule has 0 spiro atoms. The predicted octanol–water partition coefficient (Wildman–Crippen LogP) is 4.45. The van der Waals surface area contributed by atoms with E-state index in [1.165, 1.54) is 12.8 Å². The Hall–Kier alpha value is -1.20. The van der Waals surface area contributed by atoms with Crippen molar-refractivity contribution in [1.29, 1.82) is 5.26 Å². The van der Waals surface area contributed by atoms with E-state index in [1.54, 1.807) is 6.07 Å². The number of anilines is 1. The van der Waals surface area contributed by atoms with Gasteiger partial charge in [-0.05, 0) is 42.4 Å². The van der Waals surface area contributed by atoms with Crippen molar-refractivity contribution in [3.8, 4) is 6.07 Å². The molecule has 1 saturated carbocycles. The van der Waals surface area contributed by atoms with E-state index < -0.39 is 0 Å². The van der Waals surface area contributed by atoms with Gasteiger partial charge in [0, 0.05) is 11.7 Å². The van der Waals surface area contributed by atoms with Gasteiger partial charge in [-0.15, -0.1) is 0 Å². The largest absolute Gasteiger partial charge is 0.382 e. The highest BCUT2D eigenvalue weighted by Gasteiger charge is 2.36. The van der Waals surface area contributed by atoms with E-state index in [0.717, 1.165) is 5.69 Å². The van der Waals surface area contributed by atoms with E-state index in [0.29, 0.717) is 28.0 Å². The van der Waals surface area contributed by atoms with Crippen LogP contribution in [0.2, 0.25) is 5.02 Å². The van der Waals surface area contributed by atoms with E-state index in [-0.39, 0.29) is 0 Å². The quantitative estimate of drug-likeness (QED) is 0.855. The third kappa shape index (κ3) is 2.79. The van der Waals surface area contributed by atoms with E-state index in [1.807, 2.05) is 12.1 Å². The van der Waals surface area contributed by atoms with Crippen molar-refractivity contribution in [1.82, 2.24) is 0 Å². The fraction of sp³-hybridized carbons (Fsp3) is 0.533. The zero-order valence-corrected chi connectivity index (χ0v) is 11.9. The summed E-state index contributed by atoms with van der Waals surface area (Å²) in [6.45, 7) is 6.91. The Morgan fingerprint density at radius 1 is 1.39 bits per heavy atom. The van der Waals surface area contributed by atoms with Gasteiger partial charge in [-0.1, -0.05) is 32.4 Å². The molecule has 1 fully saturated rings. The van der Waals surface area contributed by atoms with Crippen molar-refractivity contribution >= 4 is 17.3 Å². The molecule has 1 aliphatic rings. The standard InChI is InChI=1S/C15H19ClN2/c1-10-7-15(2,3)8-14(10)18-12-4-5-13(16)11(6-12)9-17/h4-6,10,14,18H,7-8H2,1-3H3. The fourth-order valence-electron chi connectivity index (χ4n) is 3.00. The Bertz CT molecular complexity index is 488. The summed E-state index contributed by atoms with van der Waals surface area (Å²) in [5.41, 5.74) is 1.93. The molecule has 0 bridgehead atoms. The maximum Gasteiger partial charge on any atom is 0.101 e. The van der Waals surface area contributed by atoms with Gasteiger partial charge in [0.25, 0.3) is 0 Å². The molecule has 1 aliphatic carbocycles. The molecule has 1 aromatic rings. The monoisotopic (exact) mass is 262 g/mol. The number of nitriles is 1. The summed E-state index contributed by atoms with van der Waals surface area (Å²) in [6, 6.07) is 8.16. The molecule has 3 heteroatoms. The SMILES string of the molecule is CC1CC(C)(C)CC1Nc1ccc(Cl)c(C#N)c1. The van der Waals surface area contributed by atoms with Crippen LogP contribution in [0.4, 0.5) is 5.69 Å². The molecule has 0 heterocycles. The molecular weight excluding hydrogens is 244 g/mol. The highest BCUT2D eigenvalue weighted by molar-refractivity contribution is 6.31. The summed E-state index contributed by atoms with van der Waals surface area (Å²) in [6.07, 6.45) is 2.40. The zero-order valence-electron chi connectivity index (χ0n) is 11.1. The lowest BCUT2D eigenvalue weighted by Crippen LogP contribution is -2.22. The van der Waals surface area contributed by atoms with Gasteiger partial charge >= 0.3 is 0 Å². The maximum absolute atomic E-state index is 8.98. The first kappa shape index (κ1) is 13.2. The Morgan fingerprint density at radius 2 is 2.11 bits per heavy atom. The number of nitrogens with zero attached hydrogens (tertiary/aromatic N) is 1. The van der Waals surface area contributed by atoms with Gasteiger partial charge < -0.3 is 5.32 Å². The first-order valence-electron chi connectivity index (χ1n) is 6.37. The molecule has 2 unspecified atom stereocenters. The zero-order chi connectivity index (χ0) is 13.3. The summed E-state index contributed by atoms with van der Waals surface area (Å²) >= 11 is 5.94. The maximum atomic E-state index is 8.98. The number of hydrogen-bond donors (Lipinski definition) is 1. The highest BCUT2D eigenvalue weighted by Crippen LogP contribution is 2.42. The van der Waals surface area contributed by atoms with Crippen molar-refractivity contribution in [2.75, 3.05) is 5.32 Å². The van der Waals surface area contributed by atoms with Crippen LogP contribution in [0.25, 0.3) is 0 Å².